The molecule has 0 spiro atoms. The molecule has 0 amide bonds. The molecule has 98 heavy (non-hydrogen) atoms. The molecule has 0 bridgehead atoms. The first-order valence-electron chi connectivity index (χ1n) is 28.4. The molecule has 2 aromatic heterocycles. The first-order chi connectivity index (χ1) is 45.4. The molecule has 0 aliphatic heterocycles. The van der Waals surface area contributed by atoms with Gasteiger partial charge in [0.05, 0.1) is 83.5 Å². The Labute approximate surface area is 535 Å². The van der Waals surface area contributed by atoms with Crippen LogP contribution in [0.25, 0.3) is 111 Å². The molecular weight excluding hydrogens is 1350 g/mol. The van der Waals surface area contributed by atoms with Gasteiger partial charge in [0.25, 0.3) is 0 Å². The molecule has 10 aromatic carbocycles. The second-order valence-corrected chi connectivity index (χ2v) is 23.0. The largest absolute Gasteiger partial charge is 0.417 e. The topological polar surface area (TPSA) is 33.6 Å². The SMILES string of the molecule is Cc1ccc(-c2ccc3c(c2)c2cc(-c4ccc(C)cc4C(F)(F)F)ccc2n3-c2cc(C#N)c(-n3c4ccc(-c5ccc(C(F)(F)F)cc5C(F)(F)F)cc4c4cc(-c5ccc(C(F)(F)F)cc5C(F)(F)F)ccc43)cc2-c2cc(C(F)(F)F)cc(C(F)(F)F)c2)c(C(F)(F)F)c1. The summed E-state index contributed by atoms with van der Waals surface area (Å²) in [6, 6.07) is 24.5. The van der Waals surface area contributed by atoms with Crippen molar-refractivity contribution < 1.29 is 105 Å². The molecule has 0 saturated carbocycles. The van der Waals surface area contributed by atoms with Crippen LogP contribution in [0, 0.1) is 25.2 Å². The third-order valence-electron chi connectivity index (χ3n) is 16.7. The molecule has 27 heteroatoms. The highest BCUT2D eigenvalue weighted by molar-refractivity contribution is 6.14. The van der Waals surface area contributed by atoms with Crippen molar-refractivity contribution in [3.63, 3.8) is 0 Å². The van der Waals surface area contributed by atoms with E-state index < -0.39 is 155 Å². The molecule has 0 unspecified atom stereocenters. The van der Waals surface area contributed by atoms with Crippen LogP contribution < -0.4 is 0 Å². The number of hydrogen-bond acceptors (Lipinski definition) is 1. The van der Waals surface area contributed by atoms with Gasteiger partial charge in [-0.2, -0.15) is 111 Å². The van der Waals surface area contributed by atoms with Gasteiger partial charge in [-0.1, -0.05) is 71.8 Å². The zero-order valence-corrected chi connectivity index (χ0v) is 49.2. The van der Waals surface area contributed by atoms with Crippen LogP contribution >= 0.6 is 0 Å². The lowest BCUT2D eigenvalue weighted by Gasteiger charge is -2.21. The van der Waals surface area contributed by atoms with Crippen molar-refractivity contribution in [3.8, 4) is 73.1 Å². The number of benzene rings is 10. The van der Waals surface area contributed by atoms with E-state index >= 15 is 26.3 Å². The van der Waals surface area contributed by atoms with Gasteiger partial charge in [-0.15, -0.1) is 0 Å². The average Bonchev–Trinajstić information content (AvgIpc) is 0.802. The fourth-order valence-corrected chi connectivity index (χ4v) is 12.3. The molecule has 2 heterocycles. The molecule has 0 saturated heterocycles. The summed E-state index contributed by atoms with van der Waals surface area (Å²) >= 11 is 0. The van der Waals surface area contributed by atoms with Crippen molar-refractivity contribution in [1.82, 2.24) is 9.13 Å². The Kier molecular flexibility index (Phi) is 15.8. The second kappa shape index (κ2) is 22.9. The summed E-state index contributed by atoms with van der Waals surface area (Å²) in [4.78, 5) is 0. The number of nitrogens with zero attached hydrogens (tertiary/aromatic N) is 3. The standard InChI is InChI=1S/C71H35F24N3/c1-33-3-11-45(54(19-33)68(84,85)86)35-7-17-60-52(23-35)53-24-36(46-12-4-34(2)20-55(46)69(87,88)89)8-18-61(53)98(60)63-27-40(32-96)62(31-49(63)39-21-43(66(78,79)80)28-44(22-39)67(81,82)83)97-58-15-5-37(47-13-9-41(64(72,73)74)29-56(47)70(90,91)92)25-50(58)51-26-38(6-16-59(51)97)48-14-10-42(65(75,76)77)30-57(48)71(93,94)95/h3-31H,1-2H3. The van der Waals surface area contributed by atoms with E-state index in [0.29, 0.717) is 24.3 Å². The molecule has 502 valence electrons. The Morgan fingerprint density at radius 3 is 0.847 bits per heavy atom. The van der Waals surface area contributed by atoms with Gasteiger partial charge in [-0.3, -0.25) is 0 Å². The van der Waals surface area contributed by atoms with Crippen LogP contribution in [0.1, 0.15) is 61.2 Å². The van der Waals surface area contributed by atoms with Gasteiger partial charge in [0.2, 0.25) is 0 Å². The summed E-state index contributed by atoms with van der Waals surface area (Å²) in [5.74, 6) is 0. The highest BCUT2D eigenvalue weighted by Gasteiger charge is 2.43. The maximum Gasteiger partial charge on any atom is 0.417 e. The summed E-state index contributed by atoms with van der Waals surface area (Å²) in [5, 5.41) is 10.5. The van der Waals surface area contributed by atoms with Gasteiger partial charge < -0.3 is 9.13 Å². The van der Waals surface area contributed by atoms with Crippen molar-refractivity contribution in [3.05, 3.63) is 237 Å². The third-order valence-corrected chi connectivity index (χ3v) is 16.7. The Hall–Kier alpha value is -10.4. The third kappa shape index (κ3) is 12.3. The van der Waals surface area contributed by atoms with Crippen LogP contribution in [0.3, 0.4) is 0 Å². The monoisotopic (exact) mass is 1390 g/mol. The zero-order valence-electron chi connectivity index (χ0n) is 49.2. The van der Waals surface area contributed by atoms with Crippen LogP contribution in [-0.2, 0) is 49.4 Å². The Bertz CT molecular complexity index is 5020. The molecule has 0 radical (unpaired) electrons. The maximum atomic E-state index is 15.1. The number of halogens is 24. The molecule has 0 aliphatic rings. The minimum absolute atomic E-state index is 0.0975. The number of nitriles is 1. The number of hydrogen-bond donors (Lipinski definition) is 0. The summed E-state index contributed by atoms with van der Waals surface area (Å²) in [6.07, 6.45) is -42.9. The molecular formula is C71H35F24N3. The Morgan fingerprint density at radius 2 is 0.551 bits per heavy atom. The van der Waals surface area contributed by atoms with Gasteiger partial charge in [0.15, 0.2) is 0 Å². The molecule has 0 atom stereocenters. The van der Waals surface area contributed by atoms with E-state index in [0.717, 1.165) is 94.1 Å². The number of aromatic nitrogens is 2. The van der Waals surface area contributed by atoms with E-state index in [1.807, 2.05) is 6.07 Å². The van der Waals surface area contributed by atoms with Crippen LogP contribution in [-0.4, -0.2) is 9.13 Å². The van der Waals surface area contributed by atoms with E-state index in [9.17, 15) is 84.3 Å². The van der Waals surface area contributed by atoms with Crippen molar-refractivity contribution in [2.45, 2.75) is 63.3 Å². The summed E-state index contributed by atoms with van der Waals surface area (Å²) in [7, 11) is 0. The first kappa shape index (κ1) is 67.6. The summed E-state index contributed by atoms with van der Waals surface area (Å²) in [6.45, 7) is 2.74. The Balaban J connectivity index is 1.22. The van der Waals surface area contributed by atoms with Crippen LogP contribution in [0.4, 0.5) is 105 Å². The quantitative estimate of drug-likeness (QED) is 0.146. The minimum Gasteiger partial charge on any atom is -0.309 e. The summed E-state index contributed by atoms with van der Waals surface area (Å²) < 4.78 is 355. The van der Waals surface area contributed by atoms with Crippen LogP contribution in [0.15, 0.2) is 176 Å². The second-order valence-electron chi connectivity index (χ2n) is 23.0. The molecule has 0 fully saturated rings. The van der Waals surface area contributed by atoms with Crippen molar-refractivity contribution in [1.29, 1.82) is 5.26 Å². The fourth-order valence-electron chi connectivity index (χ4n) is 12.3. The van der Waals surface area contributed by atoms with E-state index in [2.05, 4.69) is 0 Å². The lowest BCUT2D eigenvalue weighted by Crippen LogP contribution is -2.12. The molecule has 12 aromatic rings. The molecule has 0 N–H and O–H groups in total. The van der Waals surface area contributed by atoms with Gasteiger partial charge in [-0.25, -0.2) is 0 Å². The van der Waals surface area contributed by atoms with Crippen LogP contribution in [0.5, 0.6) is 0 Å². The normalized spacial score (nSPS) is 13.2. The van der Waals surface area contributed by atoms with Crippen molar-refractivity contribution in [2.24, 2.45) is 0 Å². The van der Waals surface area contributed by atoms with E-state index in [4.69, 9.17) is 0 Å². The van der Waals surface area contributed by atoms with Gasteiger partial charge in [-0.05, 0) is 179 Å². The van der Waals surface area contributed by atoms with Crippen molar-refractivity contribution in [2.75, 3.05) is 0 Å². The van der Waals surface area contributed by atoms with E-state index in [-0.39, 0.29) is 96.2 Å². The fraction of sp³-hybridized carbons (Fsp3) is 0.141. The summed E-state index contributed by atoms with van der Waals surface area (Å²) in [5.41, 5.74) is -21.4. The number of alkyl halides is 24. The van der Waals surface area contributed by atoms with Gasteiger partial charge in [0.1, 0.15) is 6.07 Å². The molecule has 12 rings (SSSR count). The molecule has 3 nitrogen and oxygen atoms in total. The highest BCUT2D eigenvalue weighted by atomic mass is 19.4. The number of fused-ring (bicyclic) bond motifs is 6. The Morgan fingerprint density at radius 1 is 0.255 bits per heavy atom. The van der Waals surface area contributed by atoms with Gasteiger partial charge in [0, 0.05) is 27.1 Å². The smallest absolute Gasteiger partial charge is 0.309 e. The van der Waals surface area contributed by atoms with Crippen molar-refractivity contribution >= 4 is 43.6 Å². The lowest BCUT2D eigenvalue weighted by atomic mass is 9.94. The van der Waals surface area contributed by atoms with Gasteiger partial charge >= 0.3 is 49.4 Å². The van der Waals surface area contributed by atoms with E-state index in [1.54, 1.807) is 0 Å². The number of aryl methyl sites for hydroxylation is 2. The highest BCUT2D eigenvalue weighted by Crippen LogP contribution is 2.51. The zero-order chi connectivity index (χ0) is 71.3. The number of rotatable bonds is 7. The lowest BCUT2D eigenvalue weighted by molar-refractivity contribution is -0.144. The average molecular weight is 1390 g/mol. The van der Waals surface area contributed by atoms with Crippen LogP contribution in [0.2, 0.25) is 0 Å². The van der Waals surface area contributed by atoms with E-state index in [1.165, 1.54) is 50.2 Å². The molecule has 0 aliphatic carbocycles. The maximum absolute atomic E-state index is 15.1. The minimum atomic E-state index is -5.58. The predicted molar refractivity (Wildman–Crippen MR) is 317 cm³/mol. The predicted octanol–water partition coefficient (Wildman–Crippen LogP) is 24.9. The first-order valence-corrected chi connectivity index (χ1v) is 28.4.